The van der Waals surface area contributed by atoms with Gasteiger partial charge in [-0.05, 0) is 51.3 Å². The molecule has 1 aliphatic rings. The summed E-state index contributed by atoms with van der Waals surface area (Å²) in [5.74, 6) is -0.188. The number of aryl methyl sites for hydroxylation is 2. The van der Waals surface area contributed by atoms with Crippen LogP contribution >= 0.6 is 27.3 Å². The lowest BCUT2D eigenvalue weighted by Crippen LogP contribution is -2.29. The van der Waals surface area contributed by atoms with Crippen LogP contribution in [0.15, 0.2) is 22.7 Å². The van der Waals surface area contributed by atoms with Crippen molar-refractivity contribution in [2.75, 3.05) is 0 Å². The van der Waals surface area contributed by atoms with Crippen LogP contribution in [0, 0.1) is 5.82 Å². The molecule has 1 heterocycles. The van der Waals surface area contributed by atoms with Crippen molar-refractivity contribution in [3.05, 3.63) is 49.6 Å². The van der Waals surface area contributed by atoms with Gasteiger partial charge in [0.15, 0.2) is 0 Å². The Hall–Kier alpha value is -0.780. The minimum absolute atomic E-state index is 0.182. The SMILES string of the molecule is CC(C)NC(c1nc2c(s1)CCC2)c1cc(Br)ccc1F. The van der Waals surface area contributed by atoms with Crippen molar-refractivity contribution in [1.82, 2.24) is 10.3 Å². The molecule has 0 radical (unpaired) electrons. The highest BCUT2D eigenvalue weighted by Crippen LogP contribution is 2.35. The van der Waals surface area contributed by atoms with E-state index < -0.39 is 0 Å². The van der Waals surface area contributed by atoms with Crippen LogP contribution in [-0.4, -0.2) is 11.0 Å². The van der Waals surface area contributed by atoms with E-state index in [2.05, 4.69) is 35.1 Å². The smallest absolute Gasteiger partial charge is 0.128 e. The zero-order valence-electron chi connectivity index (χ0n) is 12.1. The molecule has 0 spiro atoms. The minimum atomic E-state index is -0.188. The predicted molar refractivity (Wildman–Crippen MR) is 88.4 cm³/mol. The molecule has 1 aromatic carbocycles. The molecule has 1 atom stereocenters. The summed E-state index contributed by atoms with van der Waals surface area (Å²) in [6.07, 6.45) is 3.37. The molecular formula is C16H18BrFN2S. The molecule has 1 aromatic heterocycles. The second kappa shape index (κ2) is 6.15. The predicted octanol–water partition coefficient (Wildman–Crippen LogP) is 4.62. The highest BCUT2D eigenvalue weighted by atomic mass is 79.9. The maximum Gasteiger partial charge on any atom is 0.128 e. The van der Waals surface area contributed by atoms with E-state index in [-0.39, 0.29) is 17.9 Å². The van der Waals surface area contributed by atoms with Gasteiger partial charge in [0.2, 0.25) is 0 Å². The zero-order valence-corrected chi connectivity index (χ0v) is 14.5. The number of nitrogens with one attached hydrogen (secondary N) is 1. The third kappa shape index (κ3) is 3.20. The second-order valence-corrected chi connectivity index (χ2v) is 7.73. The van der Waals surface area contributed by atoms with Crippen LogP contribution in [0.1, 0.15) is 47.5 Å². The summed E-state index contributed by atoms with van der Waals surface area (Å²) in [5, 5.41) is 4.43. The number of hydrogen-bond donors (Lipinski definition) is 1. The minimum Gasteiger partial charge on any atom is -0.302 e. The van der Waals surface area contributed by atoms with E-state index in [0.717, 1.165) is 22.3 Å². The molecule has 1 unspecified atom stereocenters. The molecule has 1 aliphatic carbocycles. The number of nitrogens with zero attached hydrogens (tertiary/aromatic N) is 1. The Labute approximate surface area is 136 Å². The quantitative estimate of drug-likeness (QED) is 0.851. The lowest BCUT2D eigenvalue weighted by Gasteiger charge is -2.20. The lowest BCUT2D eigenvalue weighted by molar-refractivity contribution is 0.501. The highest BCUT2D eigenvalue weighted by Gasteiger charge is 2.25. The maximum atomic E-state index is 14.3. The topological polar surface area (TPSA) is 24.9 Å². The molecule has 1 N–H and O–H groups in total. The van der Waals surface area contributed by atoms with Crippen LogP contribution in [0.25, 0.3) is 0 Å². The van der Waals surface area contributed by atoms with Crippen LogP contribution in [0.3, 0.4) is 0 Å². The lowest BCUT2D eigenvalue weighted by atomic mass is 10.1. The van der Waals surface area contributed by atoms with Gasteiger partial charge < -0.3 is 5.32 Å². The largest absolute Gasteiger partial charge is 0.302 e. The summed E-state index contributed by atoms with van der Waals surface area (Å²) in [7, 11) is 0. The van der Waals surface area contributed by atoms with Crippen LogP contribution < -0.4 is 5.32 Å². The molecule has 2 aromatic rings. The van der Waals surface area contributed by atoms with Crippen molar-refractivity contribution in [3.63, 3.8) is 0 Å². The van der Waals surface area contributed by atoms with Gasteiger partial charge in [-0.15, -0.1) is 11.3 Å². The Balaban J connectivity index is 2.02. The Morgan fingerprint density at radius 3 is 2.86 bits per heavy atom. The Bertz CT molecular complexity index is 632. The first-order chi connectivity index (χ1) is 10.0. The average molecular weight is 369 g/mol. The number of rotatable bonds is 4. The van der Waals surface area contributed by atoms with Gasteiger partial charge in [-0.3, -0.25) is 0 Å². The van der Waals surface area contributed by atoms with E-state index in [4.69, 9.17) is 4.98 Å². The van der Waals surface area contributed by atoms with Gasteiger partial charge in [0.05, 0.1) is 11.7 Å². The highest BCUT2D eigenvalue weighted by molar-refractivity contribution is 9.10. The van der Waals surface area contributed by atoms with Gasteiger partial charge in [-0.1, -0.05) is 15.9 Å². The van der Waals surface area contributed by atoms with Crippen LogP contribution in [0.5, 0.6) is 0 Å². The van der Waals surface area contributed by atoms with Crippen molar-refractivity contribution in [2.24, 2.45) is 0 Å². The number of aromatic nitrogens is 1. The third-order valence-electron chi connectivity index (χ3n) is 3.63. The summed E-state index contributed by atoms with van der Waals surface area (Å²) in [5.41, 5.74) is 1.87. The fraction of sp³-hybridized carbons (Fsp3) is 0.438. The van der Waals surface area contributed by atoms with Crippen molar-refractivity contribution < 1.29 is 4.39 Å². The molecule has 0 aliphatic heterocycles. The number of hydrogen-bond acceptors (Lipinski definition) is 3. The number of thiazole rings is 1. The monoisotopic (exact) mass is 368 g/mol. The van der Waals surface area contributed by atoms with E-state index in [0.29, 0.717) is 5.56 Å². The average Bonchev–Trinajstić information content (AvgIpc) is 2.99. The van der Waals surface area contributed by atoms with Crippen molar-refractivity contribution >= 4 is 27.3 Å². The molecule has 5 heteroatoms. The second-order valence-electron chi connectivity index (χ2n) is 5.70. The third-order valence-corrected chi connectivity index (χ3v) is 5.34. The van der Waals surface area contributed by atoms with E-state index in [1.807, 2.05) is 6.07 Å². The molecule has 0 saturated carbocycles. The molecule has 21 heavy (non-hydrogen) atoms. The summed E-state index contributed by atoms with van der Waals surface area (Å²) in [6.45, 7) is 4.15. The summed E-state index contributed by atoms with van der Waals surface area (Å²) in [6, 6.07) is 5.16. The van der Waals surface area contributed by atoms with Crippen molar-refractivity contribution in [1.29, 1.82) is 0 Å². The van der Waals surface area contributed by atoms with Gasteiger partial charge >= 0.3 is 0 Å². The van der Waals surface area contributed by atoms with Gasteiger partial charge in [0.25, 0.3) is 0 Å². The molecular weight excluding hydrogens is 351 g/mol. The van der Waals surface area contributed by atoms with Crippen molar-refractivity contribution in [2.45, 2.75) is 45.2 Å². The van der Waals surface area contributed by atoms with Crippen molar-refractivity contribution in [3.8, 4) is 0 Å². The van der Waals surface area contributed by atoms with Crippen LogP contribution in [-0.2, 0) is 12.8 Å². The molecule has 2 nitrogen and oxygen atoms in total. The van der Waals surface area contributed by atoms with Gasteiger partial charge in [0.1, 0.15) is 10.8 Å². The zero-order chi connectivity index (χ0) is 15.0. The fourth-order valence-electron chi connectivity index (χ4n) is 2.70. The van der Waals surface area contributed by atoms with E-state index >= 15 is 0 Å². The van der Waals surface area contributed by atoms with E-state index in [1.165, 1.54) is 23.1 Å². The summed E-state index contributed by atoms with van der Waals surface area (Å²) < 4.78 is 15.2. The Morgan fingerprint density at radius 2 is 2.14 bits per heavy atom. The van der Waals surface area contributed by atoms with Crippen LogP contribution in [0.4, 0.5) is 4.39 Å². The van der Waals surface area contributed by atoms with E-state index in [9.17, 15) is 4.39 Å². The van der Waals surface area contributed by atoms with Gasteiger partial charge in [-0.2, -0.15) is 0 Å². The molecule has 0 fully saturated rings. The molecule has 0 saturated heterocycles. The number of benzene rings is 1. The standard InChI is InChI=1S/C16H18BrFN2S/c1-9(2)19-15(11-8-10(17)6-7-12(11)18)16-20-13-4-3-5-14(13)21-16/h6-9,15,19H,3-5H2,1-2H3. The normalized spacial score (nSPS) is 15.5. The first kappa shape index (κ1) is 15.1. The summed E-state index contributed by atoms with van der Waals surface area (Å²) >= 11 is 5.16. The fourth-order valence-corrected chi connectivity index (χ4v) is 4.31. The molecule has 0 bridgehead atoms. The Kier molecular flexibility index (Phi) is 4.43. The molecule has 3 rings (SSSR count). The Morgan fingerprint density at radius 1 is 1.33 bits per heavy atom. The first-order valence-electron chi connectivity index (χ1n) is 7.24. The first-order valence-corrected chi connectivity index (χ1v) is 8.85. The number of halogens is 2. The molecule has 112 valence electrons. The van der Waals surface area contributed by atoms with Gasteiger partial charge in [-0.25, -0.2) is 9.37 Å². The maximum absolute atomic E-state index is 14.3. The molecule has 0 amide bonds. The number of fused-ring (bicyclic) bond motifs is 1. The van der Waals surface area contributed by atoms with E-state index in [1.54, 1.807) is 17.4 Å². The summed E-state index contributed by atoms with van der Waals surface area (Å²) in [4.78, 5) is 6.14. The van der Waals surface area contributed by atoms with Crippen LogP contribution in [0.2, 0.25) is 0 Å². The van der Waals surface area contributed by atoms with Gasteiger partial charge in [0, 0.05) is 21.0 Å².